The van der Waals surface area contributed by atoms with Crippen molar-refractivity contribution in [3.63, 3.8) is 0 Å². The lowest BCUT2D eigenvalue weighted by Crippen LogP contribution is -2.31. The lowest BCUT2D eigenvalue weighted by atomic mass is 10.1. The SMILES string of the molecule is CCN(CC)C(=O)CSCc1ccccc1C. The quantitative estimate of drug-likeness (QED) is 0.774. The van der Waals surface area contributed by atoms with Gasteiger partial charge in [0.2, 0.25) is 5.91 Å². The van der Waals surface area contributed by atoms with Crippen LogP contribution in [0.2, 0.25) is 0 Å². The van der Waals surface area contributed by atoms with Crippen LogP contribution >= 0.6 is 11.8 Å². The van der Waals surface area contributed by atoms with Gasteiger partial charge in [-0.05, 0) is 31.9 Å². The van der Waals surface area contributed by atoms with Crippen LogP contribution in [0.3, 0.4) is 0 Å². The molecule has 0 fully saturated rings. The van der Waals surface area contributed by atoms with Gasteiger partial charge in [-0.15, -0.1) is 11.8 Å². The molecule has 94 valence electrons. The summed E-state index contributed by atoms with van der Waals surface area (Å²) < 4.78 is 0. The fourth-order valence-electron chi connectivity index (χ4n) is 1.69. The van der Waals surface area contributed by atoms with Crippen LogP contribution in [0.1, 0.15) is 25.0 Å². The maximum atomic E-state index is 11.8. The van der Waals surface area contributed by atoms with Crippen LogP contribution in [0.5, 0.6) is 0 Å². The molecule has 17 heavy (non-hydrogen) atoms. The second-order valence-corrected chi connectivity index (χ2v) is 4.97. The van der Waals surface area contributed by atoms with Gasteiger partial charge in [0.05, 0.1) is 5.75 Å². The highest BCUT2D eigenvalue weighted by Crippen LogP contribution is 2.16. The summed E-state index contributed by atoms with van der Waals surface area (Å²) in [5, 5.41) is 0. The Hall–Kier alpha value is -0.960. The minimum atomic E-state index is 0.244. The van der Waals surface area contributed by atoms with Crippen molar-refractivity contribution in [3.8, 4) is 0 Å². The fourth-order valence-corrected chi connectivity index (χ4v) is 2.69. The molecule has 0 aliphatic rings. The third-order valence-corrected chi connectivity index (χ3v) is 3.83. The van der Waals surface area contributed by atoms with Crippen LogP contribution in [0.4, 0.5) is 0 Å². The highest BCUT2D eigenvalue weighted by atomic mass is 32.2. The molecule has 0 N–H and O–H groups in total. The van der Waals surface area contributed by atoms with E-state index >= 15 is 0 Å². The Morgan fingerprint density at radius 1 is 1.24 bits per heavy atom. The highest BCUT2D eigenvalue weighted by molar-refractivity contribution is 7.99. The first-order valence-corrected chi connectivity index (χ1v) is 7.24. The summed E-state index contributed by atoms with van der Waals surface area (Å²) in [5.41, 5.74) is 2.63. The zero-order valence-electron chi connectivity index (χ0n) is 10.9. The van der Waals surface area contributed by atoms with Crippen LogP contribution in [0, 0.1) is 6.92 Å². The monoisotopic (exact) mass is 251 g/mol. The molecule has 0 radical (unpaired) electrons. The van der Waals surface area contributed by atoms with Gasteiger partial charge >= 0.3 is 0 Å². The first kappa shape index (κ1) is 14.1. The third kappa shape index (κ3) is 4.43. The molecule has 0 saturated carbocycles. The third-order valence-electron chi connectivity index (χ3n) is 2.86. The Kier molecular flexibility index (Phi) is 6.12. The van der Waals surface area contributed by atoms with Crippen LogP contribution < -0.4 is 0 Å². The standard InChI is InChI=1S/C14H21NOS/c1-4-15(5-2)14(16)11-17-10-13-9-7-6-8-12(13)3/h6-9H,4-5,10-11H2,1-3H3. The molecule has 1 amide bonds. The Morgan fingerprint density at radius 3 is 2.47 bits per heavy atom. The van der Waals surface area contributed by atoms with Crippen molar-refractivity contribution in [1.29, 1.82) is 0 Å². The fraction of sp³-hybridized carbons (Fsp3) is 0.500. The number of aryl methyl sites for hydroxylation is 1. The maximum Gasteiger partial charge on any atom is 0.232 e. The highest BCUT2D eigenvalue weighted by Gasteiger charge is 2.09. The van der Waals surface area contributed by atoms with E-state index in [0.717, 1.165) is 18.8 Å². The molecule has 0 atom stereocenters. The number of amides is 1. The number of thioether (sulfide) groups is 1. The molecule has 0 aromatic heterocycles. The lowest BCUT2D eigenvalue weighted by molar-refractivity contribution is -0.127. The van der Waals surface area contributed by atoms with E-state index in [-0.39, 0.29) is 5.91 Å². The summed E-state index contributed by atoms with van der Waals surface area (Å²) in [5.74, 6) is 1.74. The van der Waals surface area contributed by atoms with Crippen LogP contribution in [-0.4, -0.2) is 29.6 Å². The zero-order valence-corrected chi connectivity index (χ0v) is 11.7. The van der Waals surface area contributed by atoms with E-state index < -0.39 is 0 Å². The molecule has 0 saturated heterocycles. The number of rotatable bonds is 6. The van der Waals surface area contributed by atoms with Crippen molar-refractivity contribution in [2.45, 2.75) is 26.5 Å². The molecule has 0 unspecified atom stereocenters. The van der Waals surface area contributed by atoms with Gasteiger partial charge in [0, 0.05) is 18.8 Å². The first-order valence-electron chi connectivity index (χ1n) is 6.09. The smallest absolute Gasteiger partial charge is 0.232 e. The van der Waals surface area contributed by atoms with E-state index in [1.807, 2.05) is 24.8 Å². The second kappa shape index (κ2) is 7.38. The first-order chi connectivity index (χ1) is 8.19. The molecule has 0 aliphatic heterocycles. The average molecular weight is 251 g/mol. The van der Waals surface area contributed by atoms with Crippen LogP contribution in [0.25, 0.3) is 0 Å². The number of hydrogen-bond donors (Lipinski definition) is 0. The average Bonchev–Trinajstić information content (AvgIpc) is 2.33. The van der Waals surface area contributed by atoms with Crippen molar-refractivity contribution >= 4 is 17.7 Å². The Morgan fingerprint density at radius 2 is 1.88 bits per heavy atom. The van der Waals surface area contributed by atoms with Crippen molar-refractivity contribution < 1.29 is 4.79 Å². The van der Waals surface area contributed by atoms with E-state index in [1.54, 1.807) is 11.8 Å². The van der Waals surface area contributed by atoms with Crippen molar-refractivity contribution in [1.82, 2.24) is 4.90 Å². The number of benzene rings is 1. The second-order valence-electron chi connectivity index (χ2n) is 3.99. The number of nitrogens with zero attached hydrogens (tertiary/aromatic N) is 1. The normalized spacial score (nSPS) is 10.3. The molecule has 0 spiro atoms. The van der Waals surface area contributed by atoms with Gasteiger partial charge in [0.15, 0.2) is 0 Å². The van der Waals surface area contributed by atoms with Gasteiger partial charge in [0.25, 0.3) is 0 Å². The van der Waals surface area contributed by atoms with Gasteiger partial charge in [-0.3, -0.25) is 4.79 Å². The zero-order chi connectivity index (χ0) is 12.7. The van der Waals surface area contributed by atoms with Crippen molar-refractivity contribution in [3.05, 3.63) is 35.4 Å². The van der Waals surface area contributed by atoms with Crippen molar-refractivity contribution in [2.24, 2.45) is 0 Å². The summed E-state index contributed by atoms with van der Waals surface area (Å²) in [6.07, 6.45) is 0. The van der Waals surface area contributed by atoms with E-state index in [0.29, 0.717) is 5.75 Å². The summed E-state index contributed by atoms with van der Waals surface area (Å²) >= 11 is 1.70. The molecule has 1 aromatic carbocycles. The van der Waals surface area contributed by atoms with Gasteiger partial charge in [-0.25, -0.2) is 0 Å². The summed E-state index contributed by atoms with van der Waals surface area (Å²) in [7, 11) is 0. The van der Waals surface area contributed by atoms with Gasteiger partial charge in [-0.1, -0.05) is 24.3 Å². The molecule has 2 nitrogen and oxygen atoms in total. The molecule has 0 bridgehead atoms. The topological polar surface area (TPSA) is 20.3 Å². The lowest BCUT2D eigenvalue weighted by Gasteiger charge is -2.18. The molecule has 1 rings (SSSR count). The minimum Gasteiger partial charge on any atom is -0.343 e. The molecular formula is C14H21NOS. The molecule has 0 heterocycles. The molecular weight excluding hydrogens is 230 g/mol. The molecule has 1 aromatic rings. The van der Waals surface area contributed by atoms with Gasteiger partial charge in [0.1, 0.15) is 0 Å². The van der Waals surface area contributed by atoms with E-state index in [9.17, 15) is 4.79 Å². The molecule has 3 heteroatoms. The maximum absolute atomic E-state index is 11.8. The predicted octanol–water partition coefficient (Wildman–Crippen LogP) is 3.10. The minimum absolute atomic E-state index is 0.244. The van der Waals surface area contributed by atoms with Crippen LogP contribution in [-0.2, 0) is 10.5 Å². The number of carbonyl (C=O) groups is 1. The largest absolute Gasteiger partial charge is 0.343 e. The summed E-state index contributed by atoms with van der Waals surface area (Å²) in [4.78, 5) is 13.7. The van der Waals surface area contributed by atoms with Gasteiger partial charge < -0.3 is 4.90 Å². The Bertz CT molecular complexity index is 361. The summed E-state index contributed by atoms with van der Waals surface area (Å²) in [6, 6.07) is 8.34. The van der Waals surface area contributed by atoms with E-state index in [4.69, 9.17) is 0 Å². The Balaban J connectivity index is 2.38. The van der Waals surface area contributed by atoms with Gasteiger partial charge in [-0.2, -0.15) is 0 Å². The molecule has 0 aliphatic carbocycles. The van der Waals surface area contributed by atoms with Crippen molar-refractivity contribution in [2.75, 3.05) is 18.8 Å². The van der Waals surface area contributed by atoms with E-state index in [1.165, 1.54) is 11.1 Å². The van der Waals surface area contributed by atoms with E-state index in [2.05, 4.69) is 25.1 Å². The Labute approximate surface area is 108 Å². The summed E-state index contributed by atoms with van der Waals surface area (Å²) in [6.45, 7) is 7.77. The van der Waals surface area contributed by atoms with Crippen LogP contribution in [0.15, 0.2) is 24.3 Å². The number of hydrogen-bond acceptors (Lipinski definition) is 2. The number of carbonyl (C=O) groups excluding carboxylic acids is 1. The predicted molar refractivity (Wildman–Crippen MR) is 75.3 cm³/mol.